The molecule has 28 heavy (non-hydrogen) atoms. The molecule has 0 aromatic rings. The lowest BCUT2D eigenvalue weighted by Gasteiger charge is -2.41. The number of rotatable bonds is 10. The summed E-state index contributed by atoms with van der Waals surface area (Å²) in [4.78, 5) is 79.4. The van der Waals surface area contributed by atoms with Gasteiger partial charge in [0.1, 0.15) is 0 Å². The van der Waals surface area contributed by atoms with E-state index < -0.39 is 65.3 Å². The van der Waals surface area contributed by atoms with Gasteiger partial charge in [0.05, 0.1) is 0 Å². The Morgan fingerprint density at radius 3 is 0.750 bits per heavy atom. The first-order chi connectivity index (χ1) is 12.9. The summed E-state index contributed by atoms with van der Waals surface area (Å²) in [6.45, 7) is 0. The molecule has 1 aliphatic heterocycles. The van der Waals surface area contributed by atoms with Gasteiger partial charge in [0.15, 0.2) is 10.1 Å². The Balaban J connectivity index is 3.66. The zero-order valence-corrected chi connectivity index (χ0v) is 12.4. The summed E-state index contributed by atoms with van der Waals surface area (Å²) < 4.78 is 0. The van der Waals surface area contributed by atoms with Crippen molar-refractivity contribution in [1.82, 2.24) is 10.0 Å². The highest BCUT2D eigenvalue weighted by Crippen LogP contribution is 2.30. The fourth-order valence-corrected chi connectivity index (χ4v) is 1.94. The average molecular weight is 420 g/mol. The summed E-state index contributed by atoms with van der Waals surface area (Å²) in [5.74, 6) is 0. The molecule has 0 saturated carbocycles. The quantitative estimate of drug-likeness (QED) is 0.253. The van der Waals surface area contributed by atoms with E-state index in [9.17, 15) is 60.7 Å². The minimum Gasteiger partial charge on any atom is -0.278 e. The van der Waals surface area contributed by atoms with Crippen LogP contribution in [0.5, 0.6) is 0 Å². The van der Waals surface area contributed by atoms with Crippen LogP contribution in [0.3, 0.4) is 0 Å². The fraction of sp³-hybridized carbons (Fsp3) is 1.00. The van der Waals surface area contributed by atoms with Gasteiger partial charge in [-0.3, -0.25) is 19.4 Å². The van der Waals surface area contributed by atoms with E-state index in [1.165, 1.54) is 0 Å². The number of nitro groups is 2. The van der Waals surface area contributed by atoms with Crippen LogP contribution in [0.4, 0.5) is 0 Å². The van der Waals surface area contributed by atoms with Gasteiger partial charge in [-0.25, -0.2) is 20.2 Å². The van der Waals surface area contributed by atoms with Gasteiger partial charge in [-0.15, -0.1) is 40.5 Å². The van der Waals surface area contributed by atoms with Crippen LogP contribution in [0.25, 0.3) is 0 Å². The van der Waals surface area contributed by atoms with Crippen LogP contribution in [0.1, 0.15) is 0 Å². The van der Waals surface area contributed by atoms with Gasteiger partial charge in [-0.1, -0.05) is 10.0 Å². The van der Waals surface area contributed by atoms with Crippen molar-refractivity contribution in [2.45, 2.75) is 24.9 Å². The van der Waals surface area contributed by atoms with Crippen molar-refractivity contribution < 1.29 is 49.8 Å². The lowest BCUT2D eigenvalue weighted by Crippen LogP contribution is -2.74. The third-order valence-electron chi connectivity index (χ3n) is 2.68. The molecule has 0 amide bonds. The summed E-state index contributed by atoms with van der Waals surface area (Å²) in [7, 11) is 0. The second-order valence-electron chi connectivity index (χ2n) is 4.11. The van der Waals surface area contributed by atoms with Gasteiger partial charge in [0.25, 0.3) is 45.3 Å². The molecule has 1 heterocycles. The Bertz CT molecular complexity index is 592. The highest BCUT2D eigenvalue weighted by atomic mass is 17.0. The molecule has 0 N–H and O–H groups in total. The number of hydrazine groups is 2. The van der Waals surface area contributed by atoms with E-state index in [0.29, 0.717) is 0 Å². The van der Waals surface area contributed by atoms with Gasteiger partial charge >= 0.3 is 0 Å². The number of piperazine rings is 1. The van der Waals surface area contributed by atoms with E-state index in [4.69, 9.17) is 0 Å². The van der Waals surface area contributed by atoms with Crippen LogP contribution in [-0.4, -0.2) is 65.3 Å². The number of hydrogen-bond donors (Lipinski definition) is 0. The van der Waals surface area contributed by atoms with E-state index in [1.54, 1.807) is 0 Å². The highest BCUT2D eigenvalue weighted by Gasteiger charge is 2.64. The van der Waals surface area contributed by atoms with E-state index in [1.807, 2.05) is 0 Å². The molecule has 1 aliphatic rings. The predicted octanol–water partition coefficient (Wildman–Crippen LogP) is -2.87. The average Bonchev–Trinajstić information content (AvgIpc) is 2.48. The van der Waals surface area contributed by atoms with Crippen molar-refractivity contribution in [3.8, 4) is 0 Å². The topological polar surface area (TPSA) is 302 Å². The summed E-state index contributed by atoms with van der Waals surface area (Å²) >= 11 is 0. The standard InChI is InChI=1S/C4H4N8O16/c13-7(14)5-1(25-9(17)18)2(26-10(19)20)6(8(15)16)4(28-12(23)24)3(5)27-11(21)22/h1-4H. The van der Waals surface area contributed by atoms with Crippen molar-refractivity contribution in [2.75, 3.05) is 0 Å². The maximum atomic E-state index is 11.2. The number of hydrogen-bond acceptors (Lipinski definition) is 16. The number of nitrogens with zero attached hydrogens (tertiary/aromatic N) is 8. The molecule has 4 unspecified atom stereocenters. The van der Waals surface area contributed by atoms with Crippen LogP contribution in [-0.2, 0) is 19.4 Å². The third kappa shape index (κ3) is 4.64. The minimum atomic E-state index is -3.06. The molecule has 24 heteroatoms. The van der Waals surface area contributed by atoms with Gasteiger partial charge < -0.3 is 0 Å². The highest BCUT2D eigenvalue weighted by molar-refractivity contribution is 4.79. The molecule has 0 aromatic heterocycles. The zero-order valence-electron chi connectivity index (χ0n) is 12.4. The SMILES string of the molecule is O=[N+]([O-])OC1C(O[N+](=O)[O-])N([N+](=O)[O-])C(O[N+](=O)[O-])C(O[N+](=O)[O-])N1[N+](=O)[O-]. The molecule has 0 spiro atoms. The Morgan fingerprint density at radius 2 is 0.643 bits per heavy atom. The molecular formula is C4H4N8O16. The first-order valence-corrected chi connectivity index (χ1v) is 5.96. The zero-order chi connectivity index (χ0) is 21.8. The van der Waals surface area contributed by atoms with Crippen LogP contribution in [0.15, 0.2) is 0 Å². The largest absolute Gasteiger partial charge is 0.296 e. The molecule has 0 radical (unpaired) electrons. The van der Waals surface area contributed by atoms with Gasteiger partial charge in [-0.2, -0.15) is 0 Å². The lowest BCUT2D eigenvalue weighted by atomic mass is 10.3. The van der Waals surface area contributed by atoms with Crippen LogP contribution in [0, 0.1) is 60.7 Å². The van der Waals surface area contributed by atoms with Gasteiger partial charge in [0, 0.05) is 0 Å². The molecule has 0 aliphatic carbocycles. The van der Waals surface area contributed by atoms with Crippen LogP contribution < -0.4 is 0 Å². The summed E-state index contributed by atoms with van der Waals surface area (Å²) in [6.07, 6.45) is -12.2. The molecule has 1 saturated heterocycles. The van der Waals surface area contributed by atoms with Crippen LogP contribution in [0.2, 0.25) is 0 Å². The van der Waals surface area contributed by atoms with Crippen LogP contribution >= 0.6 is 0 Å². The van der Waals surface area contributed by atoms with E-state index in [2.05, 4.69) is 19.4 Å². The second-order valence-corrected chi connectivity index (χ2v) is 4.11. The van der Waals surface area contributed by atoms with Crippen molar-refractivity contribution in [1.29, 1.82) is 0 Å². The Labute approximate surface area is 146 Å². The molecule has 1 fully saturated rings. The monoisotopic (exact) mass is 420 g/mol. The summed E-state index contributed by atoms with van der Waals surface area (Å²) in [6, 6.07) is 0. The third-order valence-corrected chi connectivity index (χ3v) is 2.68. The smallest absolute Gasteiger partial charge is 0.278 e. The van der Waals surface area contributed by atoms with Crippen molar-refractivity contribution in [3.63, 3.8) is 0 Å². The Morgan fingerprint density at radius 1 is 0.464 bits per heavy atom. The molecule has 156 valence electrons. The maximum absolute atomic E-state index is 11.2. The van der Waals surface area contributed by atoms with E-state index >= 15 is 0 Å². The Kier molecular flexibility index (Phi) is 6.11. The lowest BCUT2D eigenvalue weighted by molar-refractivity contribution is -0.903. The Hall–Kier alpha value is -4.80. The van der Waals surface area contributed by atoms with Crippen molar-refractivity contribution >= 4 is 0 Å². The first-order valence-electron chi connectivity index (χ1n) is 5.96. The fourth-order valence-electron chi connectivity index (χ4n) is 1.94. The van der Waals surface area contributed by atoms with Crippen molar-refractivity contribution in [2.24, 2.45) is 0 Å². The minimum absolute atomic E-state index is 0.784. The normalized spacial score (nSPS) is 23.9. The first kappa shape index (κ1) is 21.2. The van der Waals surface area contributed by atoms with Gasteiger partial charge in [0.2, 0.25) is 0 Å². The van der Waals surface area contributed by atoms with E-state index in [-0.39, 0.29) is 0 Å². The molecule has 4 atom stereocenters. The maximum Gasteiger partial charge on any atom is 0.296 e. The predicted molar refractivity (Wildman–Crippen MR) is 65.1 cm³/mol. The summed E-state index contributed by atoms with van der Waals surface area (Å²) in [5, 5.41) is 52.2. The molecule has 0 aromatic carbocycles. The molecule has 0 bridgehead atoms. The van der Waals surface area contributed by atoms with E-state index in [0.717, 1.165) is 0 Å². The molecule has 1 rings (SSSR count). The second kappa shape index (κ2) is 8.05. The van der Waals surface area contributed by atoms with Gasteiger partial charge in [-0.05, 0) is 0 Å². The van der Waals surface area contributed by atoms with Crippen molar-refractivity contribution in [3.05, 3.63) is 60.7 Å². The molecule has 24 nitrogen and oxygen atoms in total. The summed E-state index contributed by atoms with van der Waals surface area (Å²) in [5.41, 5.74) is 0. The molecular weight excluding hydrogens is 416 g/mol.